The number of hydrogen-bond acceptors (Lipinski definition) is 6. The Hall–Kier alpha value is -2.83. The maximum Gasteiger partial charge on any atom is 0.271 e. The largest absolute Gasteiger partial charge is 0.486 e. The van der Waals surface area contributed by atoms with Crippen molar-refractivity contribution in [2.45, 2.75) is 20.3 Å². The second-order valence-electron chi connectivity index (χ2n) is 6.23. The van der Waals surface area contributed by atoms with Gasteiger partial charge >= 0.3 is 0 Å². The third kappa shape index (κ3) is 4.59. The van der Waals surface area contributed by atoms with Gasteiger partial charge in [0.15, 0.2) is 23.0 Å². The lowest BCUT2D eigenvalue weighted by molar-refractivity contribution is 0.0946. The van der Waals surface area contributed by atoms with E-state index in [1.54, 1.807) is 12.1 Å². The molecule has 25 heavy (non-hydrogen) atoms. The Balaban J connectivity index is 1.60. The van der Waals surface area contributed by atoms with E-state index in [9.17, 15) is 4.79 Å². The first kappa shape index (κ1) is 17.0. The summed E-state index contributed by atoms with van der Waals surface area (Å²) in [5.74, 6) is 2.32. The number of aromatic nitrogens is 2. The number of fused-ring (bicyclic) bond motifs is 1. The van der Waals surface area contributed by atoms with Crippen molar-refractivity contribution < 1.29 is 14.3 Å². The van der Waals surface area contributed by atoms with Crippen molar-refractivity contribution in [1.82, 2.24) is 15.5 Å². The van der Waals surface area contributed by atoms with Crippen LogP contribution in [0.25, 0.3) is 0 Å². The van der Waals surface area contributed by atoms with E-state index < -0.39 is 0 Å². The molecule has 0 spiro atoms. The van der Waals surface area contributed by atoms with Gasteiger partial charge in [0.05, 0.1) is 0 Å². The molecule has 0 aliphatic carbocycles. The van der Waals surface area contributed by atoms with Crippen molar-refractivity contribution in [3.63, 3.8) is 0 Å². The van der Waals surface area contributed by atoms with Gasteiger partial charge in [-0.15, -0.1) is 10.2 Å². The van der Waals surface area contributed by atoms with Crippen molar-refractivity contribution in [1.29, 1.82) is 0 Å². The molecule has 1 amide bonds. The Morgan fingerprint density at radius 2 is 1.92 bits per heavy atom. The van der Waals surface area contributed by atoms with Crippen molar-refractivity contribution >= 4 is 17.4 Å². The number of ether oxygens (including phenoxy) is 2. The first-order valence-corrected chi connectivity index (χ1v) is 8.40. The van der Waals surface area contributed by atoms with E-state index in [0.29, 0.717) is 42.9 Å². The molecule has 7 heteroatoms. The summed E-state index contributed by atoms with van der Waals surface area (Å²) in [7, 11) is 0. The molecule has 2 N–H and O–H groups in total. The lowest BCUT2D eigenvalue weighted by Gasteiger charge is -2.19. The van der Waals surface area contributed by atoms with Gasteiger partial charge in [-0.1, -0.05) is 13.8 Å². The zero-order valence-electron chi connectivity index (χ0n) is 14.4. The van der Waals surface area contributed by atoms with E-state index in [-0.39, 0.29) is 5.91 Å². The van der Waals surface area contributed by atoms with E-state index in [0.717, 1.165) is 17.9 Å². The van der Waals surface area contributed by atoms with E-state index in [4.69, 9.17) is 9.47 Å². The van der Waals surface area contributed by atoms with Crippen LogP contribution < -0.4 is 20.1 Å². The normalized spacial score (nSPS) is 12.8. The summed E-state index contributed by atoms with van der Waals surface area (Å²) in [5.41, 5.74) is 1.11. The van der Waals surface area contributed by atoms with Crippen molar-refractivity contribution in [3.05, 3.63) is 36.0 Å². The van der Waals surface area contributed by atoms with Crippen LogP contribution in [0.5, 0.6) is 11.5 Å². The van der Waals surface area contributed by atoms with Crippen molar-refractivity contribution in [2.24, 2.45) is 5.92 Å². The molecule has 132 valence electrons. The van der Waals surface area contributed by atoms with Gasteiger partial charge in [-0.3, -0.25) is 4.79 Å². The highest BCUT2D eigenvalue weighted by Gasteiger charge is 2.12. The second kappa shape index (κ2) is 7.83. The standard InChI is InChI=1S/C18H22N4O3/c1-12(2)7-8-19-18(23)14-4-6-17(22-21-14)20-13-3-5-15-16(11-13)25-10-9-24-15/h3-6,11-12H,7-10H2,1-2H3,(H,19,23)(H,20,22). The lowest BCUT2D eigenvalue weighted by Crippen LogP contribution is -2.26. The molecule has 0 fully saturated rings. The van der Waals surface area contributed by atoms with Crippen LogP contribution in [0.2, 0.25) is 0 Å². The van der Waals surface area contributed by atoms with Crippen LogP contribution in [0.1, 0.15) is 30.8 Å². The molecule has 2 aromatic rings. The summed E-state index contributed by atoms with van der Waals surface area (Å²) in [6, 6.07) is 8.95. The Morgan fingerprint density at radius 3 is 2.64 bits per heavy atom. The monoisotopic (exact) mass is 342 g/mol. The summed E-state index contributed by atoms with van der Waals surface area (Å²) >= 11 is 0. The van der Waals surface area contributed by atoms with Crippen molar-refractivity contribution in [2.75, 3.05) is 25.1 Å². The average molecular weight is 342 g/mol. The molecule has 0 bridgehead atoms. The first-order chi connectivity index (χ1) is 12.1. The van der Waals surface area contributed by atoms with Gasteiger partial charge in [0, 0.05) is 18.3 Å². The molecule has 0 atom stereocenters. The Bertz CT molecular complexity index is 732. The summed E-state index contributed by atoms with van der Waals surface area (Å²) in [6.45, 7) is 5.97. The Morgan fingerprint density at radius 1 is 1.12 bits per heavy atom. The fourth-order valence-corrected chi connectivity index (χ4v) is 2.35. The van der Waals surface area contributed by atoms with Crippen LogP contribution >= 0.6 is 0 Å². The minimum atomic E-state index is -0.209. The lowest BCUT2D eigenvalue weighted by atomic mass is 10.1. The predicted octanol–water partition coefficient (Wildman–Crippen LogP) is 2.77. The summed E-state index contributed by atoms with van der Waals surface area (Å²) in [6.07, 6.45) is 0.933. The maximum atomic E-state index is 12.0. The number of amides is 1. The van der Waals surface area contributed by atoms with Crippen LogP contribution in [-0.4, -0.2) is 35.9 Å². The third-order valence-corrected chi connectivity index (χ3v) is 3.72. The fourth-order valence-electron chi connectivity index (χ4n) is 2.35. The molecular formula is C18H22N4O3. The SMILES string of the molecule is CC(C)CCNC(=O)c1ccc(Nc2ccc3c(c2)OCCO3)nn1. The molecule has 1 aliphatic heterocycles. The number of hydrogen-bond donors (Lipinski definition) is 2. The molecule has 0 radical (unpaired) electrons. The smallest absolute Gasteiger partial charge is 0.271 e. The van der Waals surface area contributed by atoms with Gasteiger partial charge in [0.1, 0.15) is 13.2 Å². The summed E-state index contributed by atoms with van der Waals surface area (Å²) in [5, 5.41) is 14.0. The van der Waals surface area contributed by atoms with Gasteiger partial charge in [-0.2, -0.15) is 0 Å². The zero-order valence-corrected chi connectivity index (χ0v) is 14.4. The minimum absolute atomic E-state index is 0.209. The van der Waals surface area contributed by atoms with Gasteiger partial charge in [0.2, 0.25) is 0 Å². The van der Waals surface area contributed by atoms with E-state index in [2.05, 4.69) is 34.7 Å². The Kier molecular flexibility index (Phi) is 5.33. The highest BCUT2D eigenvalue weighted by atomic mass is 16.6. The quantitative estimate of drug-likeness (QED) is 0.840. The van der Waals surface area contributed by atoms with Gasteiger partial charge in [-0.05, 0) is 36.6 Å². The summed E-state index contributed by atoms with van der Waals surface area (Å²) < 4.78 is 11.0. The number of rotatable bonds is 6. The van der Waals surface area contributed by atoms with E-state index in [1.165, 1.54) is 0 Å². The van der Waals surface area contributed by atoms with Crippen LogP contribution in [0.15, 0.2) is 30.3 Å². The number of anilines is 2. The Labute approximate surface area is 146 Å². The molecule has 1 aromatic heterocycles. The number of nitrogens with one attached hydrogen (secondary N) is 2. The summed E-state index contributed by atoms with van der Waals surface area (Å²) in [4.78, 5) is 12.0. The highest BCUT2D eigenvalue weighted by molar-refractivity contribution is 5.92. The van der Waals surface area contributed by atoms with E-state index >= 15 is 0 Å². The molecule has 0 unspecified atom stereocenters. The topological polar surface area (TPSA) is 85.4 Å². The number of carbonyl (C=O) groups is 1. The number of benzene rings is 1. The molecule has 0 saturated carbocycles. The molecule has 3 rings (SSSR count). The van der Waals surface area contributed by atoms with Gasteiger partial charge in [0.25, 0.3) is 5.91 Å². The molecule has 1 aliphatic rings. The van der Waals surface area contributed by atoms with Crippen LogP contribution in [-0.2, 0) is 0 Å². The number of carbonyl (C=O) groups excluding carboxylic acids is 1. The van der Waals surface area contributed by atoms with Crippen molar-refractivity contribution in [3.8, 4) is 11.5 Å². The fraction of sp³-hybridized carbons (Fsp3) is 0.389. The second-order valence-corrected chi connectivity index (χ2v) is 6.23. The molecule has 0 saturated heterocycles. The molecule has 1 aromatic carbocycles. The van der Waals surface area contributed by atoms with E-state index in [1.807, 2.05) is 18.2 Å². The first-order valence-electron chi connectivity index (χ1n) is 8.40. The van der Waals surface area contributed by atoms with Crippen LogP contribution in [0.3, 0.4) is 0 Å². The maximum absolute atomic E-state index is 12.0. The van der Waals surface area contributed by atoms with Crippen LogP contribution in [0.4, 0.5) is 11.5 Å². The molecule has 2 heterocycles. The van der Waals surface area contributed by atoms with Crippen LogP contribution in [0, 0.1) is 5.92 Å². The third-order valence-electron chi connectivity index (χ3n) is 3.72. The predicted molar refractivity (Wildman–Crippen MR) is 94.5 cm³/mol. The highest BCUT2D eigenvalue weighted by Crippen LogP contribution is 2.33. The average Bonchev–Trinajstić information content (AvgIpc) is 2.62. The zero-order chi connectivity index (χ0) is 17.6. The number of nitrogens with zero attached hydrogens (tertiary/aromatic N) is 2. The molecular weight excluding hydrogens is 320 g/mol. The molecule has 7 nitrogen and oxygen atoms in total. The van der Waals surface area contributed by atoms with Gasteiger partial charge in [-0.25, -0.2) is 0 Å². The van der Waals surface area contributed by atoms with Gasteiger partial charge < -0.3 is 20.1 Å². The minimum Gasteiger partial charge on any atom is -0.486 e.